The minimum absolute atomic E-state index is 0.126. The minimum atomic E-state index is -1.07. The number of rotatable bonds is 23. The fourth-order valence-electron chi connectivity index (χ4n) is 3.97. The van der Waals surface area contributed by atoms with E-state index in [1.807, 2.05) is 13.8 Å². The van der Waals surface area contributed by atoms with Crippen molar-refractivity contribution in [1.29, 1.82) is 0 Å². The summed E-state index contributed by atoms with van der Waals surface area (Å²) in [6.07, 6.45) is 17.5. The third-order valence-corrected chi connectivity index (χ3v) is 6.25. The first-order valence-corrected chi connectivity index (χ1v) is 13.9. The average Bonchev–Trinajstić information content (AvgIpc) is 2.80. The van der Waals surface area contributed by atoms with Crippen LogP contribution in [-0.2, 0) is 14.4 Å². The first-order valence-electron chi connectivity index (χ1n) is 13.9. The molecule has 0 saturated heterocycles. The number of aliphatic carboxylic acids is 1. The molecule has 0 fully saturated rings. The van der Waals surface area contributed by atoms with Gasteiger partial charge in [0.2, 0.25) is 11.8 Å². The van der Waals surface area contributed by atoms with E-state index in [1.54, 1.807) is 6.92 Å². The molecule has 7 nitrogen and oxygen atoms in total. The van der Waals surface area contributed by atoms with Gasteiger partial charge in [0, 0.05) is 6.42 Å². The van der Waals surface area contributed by atoms with Crippen LogP contribution in [0.4, 0.5) is 0 Å². The van der Waals surface area contributed by atoms with Crippen molar-refractivity contribution in [2.24, 2.45) is 5.92 Å². The normalized spacial score (nSPS) is 13.0. The lowest BCUT2D eigenvalue weighted by Crippen LogP contribution is -2.53. The molecule has 0 radical (unpaired) electrons. The highest BCUT2D eigenvalue weighted by Gasteiger charge is 2.27. The van der Waals surface area contributed by atoms with Crippen molar-refractivity contribution in [3.05, 3.63) is 0 Å². The predicted molar refractivity (Wildman–Crippen MR) is 140 cm³/mol. The summed E-state index contributed by atoms with van der Waals surface area (Å²) in [4.78, 5) is 35.8. The van der Waals surface area contributed by atoms with Gasteiger partial charge in [-0.15, -0.1) is 0 Å². The maximum Gasteiger partial charge on any atom is 0.326 e. The topological polar surface area (TPSA) is 108 Å². The van der Waals surface area contributed by atoms with E-state index >= 15 is 0 Å². The second-order valence-electron chi connectivity index (χ2n) is 9.84. The molecule has 34 heavy (non-hydrogen) atoms. The number of amides is 2. The Labute approximate surface area is 208 Å². The molecule has 0 aliphatic carbocycles. The van der Waals surface area contributed by atoms with Crippen LogP contribution in [0.3, 0.4) is 0 Å². The number of carboxylic acids is 1. The lowest BCUT2D eigenvalue weighted by Gasteiger charge is -2.23. The Hall–Kier alpha value is -1.63. The summed E-state index contributed by atoms with van der Waals surface area (Å²) in [7, 11) is 0. The molecule has 0 aromatic rings. The molecule has 0 aromatic heterocycles. The molecule has 0 bridgehead atoms. The van der Waals surface area contributed by atoms with E-state index in [-0.39, 0.29) is 11.8 Å². The first kappa shape index (κ1) is 32.4. The quantitative estimate of drug-likeness (QED) is 0.150. The third-order valence-electron chi connectivity index (χ3n) is 6.25. The van der Waals surface area contributed by atoms with Crippen LogP contribution in [-0.4, -0.2) is 48.1 Å². The highest BCUT2D eigenvalue weighted by Crippen LogP contribution is 2.11. The van der Waals surface area contributed by atoms with Crippen molar-refractivity contribution in [3.63, 3.8) is 0 Å². The second-order valence-corrected chi connectivity index (χ2v) is 9.84. The molecule has 4 N–H and O–H groups in total. The van der Waals surface area contributed by atoms with Crippen LogP contribution < -0.4 is 16.0 Å². The molecular formula is C27H53N3O4. The van der Waals surface area contributed by atoms with E-state index in [2.05, 4.69) is 22.9 Å². The average molecular weight is 484 g/mol. The zero-order valence-electron chi connectivity index (χ0n) is 22.4. The molecule has 0 saturated carbocycles. The number of nitrogens with one attached hydrogen (secondary N) is 3. The number of carbonyl (C=O) groups is 3. The Morgan fingerprint density at radius 1 is 0.706 bits per heavy atom. The molecule has 0 spiro atoms. The zero-order chi connectivity index (χ0) is 25.6. The van der Waals surface area contributed by atoms with Gasteiger partial charge in [-0.1, -0.05) is 98.3 Å². The van der Waals surface area contributed by atoms with Crippen LogP contribution >= 0.6 is 0 Å². The summed E-state index contributed by atoms with van der Waals surface area (Å²) in [5.74, 6) is -1.81. The summed E-state index contributed by atoms with van der Waals surface area (Å²) < 4.78 is 0. The van der Waals surface area contributed by atoms with Gasteiger partial charge in [0.05, 0.1) is 0 Å². The fraction of sp³-hybridized carbons (Fsp3) is 0.889. The largest absolute Gasteiger partial charge is 0.480 e. The van der Waals surface area contributed by atoms with Crippen molar-refractivity contribution in [2.75, 3.05) is 13.1 Å². The fourth-order valence-corrected chi connectivity index (χ4v) is 3.97. The van der Waals surface area contributed by atoms with Gasteiger partial charge < -0.3 is 21.1 Å². The maximum absolute atomic E-state index is 12.4. The van der Waals surface area contributed by atoms with Crippen molar-refractivity contribution < 1.29 is 19.5 Å². The van der Waals surface area contributed by atoms with E-state index in [9.17, 15) is 14.4 Å². The number of hydrogen-bond acceptors (Lipinski definition) is 4. The van der Waals surface area contributed by atoms with E-state index < -0.39 is 24.0 Å². The standard InChI is InChI=1S/C27H53N3O4/c1-5-7-8-9-10-11-12-13-14-15-16-17-20-28-21-18-19-24(31)30-25(22(3)4)26(32)29-23(6-2)27(33)34/h22-23,25,28H,5-21H2,1-4H3,(H,29,32)(H,30,31)(H,33,34). The molecule has 2 unspecified atom stereocenters. The summed E-state index contributed by atoms with van der Waals surface area (Å²) in [6.45, 7) is 9.39. The van der Waals surface area contributed by atoms with Gasteiger partial charge in [-0.3, -0.25) is 9.59 Å². The monoisotopic (exact) mass is 483 g/mol. The molecule has 0 aliphatic heterocycles. The van der Waals surface area contributed by atoms with Gasteiger partial charge in [0.25, 0.3) is 0 Å². The van der Waals surface area contributed by atoms with E-state index in [0.717, 1.165) is 13.1 Å². The lowest BCUT2D eigenvalue weighted by molar-refractivity contribution is -0.142. The molecule has 7 heteroatoms. The smallest absolute Gasteiger partial charge is 0.326 e. The molecule has 2 amide bonds. The predicted octanol–water partition coefficient (Wildman–Crippen LogP) is 5.18. The summed E-state index contributed by atoms with van der Waals surface area (Å²) >= 11 is 0. The number of carbonyl (C=O) groups excluding carboxylic acids is 2. The zero-order valence-corrected chi connectivity index (χ0v) is 22.4. The van der Waals surface area contributed by atoms with Crippen LogP contribution in [0.2, 0.25) is 0 Å². The summed E-state index contributed by atoms with van der Waals surface area (Å²) in [6, 6.07) is -1.66. The van der Waals surface area contributed by atoms with Gasteiger partial charge in [-0.2, -0.15) is 0 Å². The van der Waals surface area contributed by atoms with Crippen molar-refractivity contribution in [3.8, 4) is 0 Å². The highest BCUT2D eigenvalue weighted by molar-refractivity contribution is 5.90. The van der Waals surface area contributed by atoms with Crippen molar-refractivity contribution in [2.45, 2.75) is 136 Å². The minimum Gasteiger partial charge on any atom is -0.480 e. The van der Waals surface area contributed by atoms with Crippen molar-refractivity contribution >= 4 is 17.8 Å². The second kappa shape index (κ2) is 21.9. The Bertz CT molecular complexity index is 540. The van der Waals surface area contributed by atoms with Crippen LogP contribution in [0.15, 0.2) is 0 Å². The first-order chi connectivity index (χ1) is 16.3. The Kier molecular flexibility index (Phi) is 20.8. The van der Waals surface area contributed by atoms with Crippen LogP contribution in [0.5, 0.6) is 0 Å². The molecule has 0 aliphatic rings. The van der Waals surface area contributed by atoms with Gasteiger partial charge in [-0.25, -0.2) is 4.79 Å². The molecule has 0 rings (SSSR count). The molecule has 0 heterocycles. The highest BCUT2D eigenvalue weighted by atomic mass is 16.4. The lowest BCUT2D eigenvalue weighted by atomic mass is 10.0. The van der Waals surface area contributed by atoms with Crippen LogP contribution in [0.25, 0.3) is 0 Å². The summed E-state index contributed by atoms with van der Waals surface area (Å²) in [5, 5.41) is 17.8. The summed E-state index contributed by atoms with van der Waals surface area (Å²) in [5.41, 5.74) is 0. The third kappa shape index (κ3) is 17.8. The van der Waals surface area contributed by atoms with Crippen LogP contribution in [0.1, 0.15) is 124 Å². The molecule has 200 valence electrons. The number of hydrogen-bond donors (Lipinski definition) is 4. The Morgan fingerprint density at radius 2 is 1.21 bits per heavy atom. The SMILES string of the molecule is CCCCCCCCCCCCCCNCCCC(=O)NC(C(=O)NC(CC)C(=O)O)C(C)C. The molecule has 2 atom stereocenters. The van der Waals surface area contributed by atoms with Crippen LogP contribution in [0, 0.1) is 5.92 Å². The Balaban J connectivity index is 3.75. The van der Waals surface area contributed by atoms with Gasteiger partial charge in [0.15, 0.2) is 0 Å². The van der Waals surface area contributed by atoms with Gasteiger partial charge >= 0.3 is 5.97 Å². The van der Waals surface area contributed by atoms with E-state index in [4.69, 9.17) is 5.11 Å². The Morgan fingerprint density at radius 3 is 1.68 bits per heavy atom. The number of carboxylic acid groups (broad SMARTS) is 1. The van der Waals surface area contributed by atoms with Gasteiger partial charge in [-0.05, 0) is 38.3 Å². The van der Waals surface area contributed by atoms with E-state index in [0.29, 0.717) is 19.3 Å². The van der Waals surface area contributed by atoms with Gasteiger partial charge in [0.1, 0.15) is 12.1 Å². The molecular weight excluding hydrogens is 430 g/mol. The van der Waals surface area contributed by atoms with Crippen molar-refractivity contribution in [1.82, 2.24) is 16.0 Å². The maximum atomic E-state index is 12.4. The number of unbranched alkanes of at least 4 members (excludes halogenated alkanes) is 11. The molecule has 0 aromatic carbocycles. The van der Waals surface area contributed by atoms with E-state index in [1.165, 1.54) is 77.0 Å².